The fourth-order valence-electron chi connectivity index (χ4n) is 2.64. The molecule has 0 bridgehead atoms. The average molecular weight is 342 g/mol. The summed E-state index contributed by atoms with van der Waals surface area (Å²) in [5.41, 5.74) is 0.997. The van der Waals surface area contributed by atoms with Crippen molar-refractivity contribution in [3.05, 3.63) is 22.7 Å². The molecule has 0 spiro atoms. The van der Waals surface area contributed by atoms with Crippen LogP contribution in [0.4, 0.5) is 4.79 Å². The van der Waals surface area contributed by atoms with Crippen LogP contribution in [0.2, 0.25) is 5.02 Å². The molecule has 1 heterocycles. The lowest BCUT2D eigenvalue weighted by Crippen LogP contribution is -2.51. The third-order valence-electron chi connectivity index (χ3n) is 3.97. The molecular formula is C16H24ClN3O3. The molecule has 1 aliphatic rings. The van der Waals surface area contributed by atoms with Crippen LogP contribution in [0.1, 0.15) is 5.56 Å². The minimum Gasteiger partial charge on any atom is -0.493 e. The SMILES string of the molecule is COc1cc(Cl)c(CN2CCN(C(=O)N(C)C)CC2)cc1OC. The summed E-state index contributed by atoms with van der Waals surface area (Å²) in [5.74, 6) is 1.30. The highest BCUT2D eigenvalue weighted by Gasteiger charge is 2.23. The lowest BCUT2D eigenvalue weighted by atomic mass is 10.1. The van der Waals surface area contributed by atoms with Crippen molar-refractivity contribution in [3.8, 4) is 11.5 Å². The number of rotatable bonds is 4. The van der Waals surface area contributed by atoms with Gasteiger partial charge < -0.3 is 19.3 Å². The van der Waals surface area contributed by atoms with Gasteiger partial charge in [-0.3, -0.25) is 4.90 Å². The molecular weight excluding hydrogens is 318 g/mol. The Morgan fingerprint density at radius 3 is 2.22 bits per heavy atom. The summed E-state index contributed by atoms with van der Waals surface area (Å²) in [4.78, 5) is 17.7. The molecule has 0 N–H and O–H groups in total. The second-order valence-electron chi connectivity index (χ2n) is 5.74. The predicted octanol–water partition coefficient (Wildman–Crippen LogP) is 2.16. The second-order valence-corrected chi connectivity index (χ2v) is 6.15. The molecule has 0 aliphatic carbocycles. The maximum absolute atomic E-state index is 12.0. The van der Waals surface area contributed by atoms with Gasteiger partial charge in [-0.05, 0) is 11.6 Å². The van der Waals surface area contributed by atoms with E-state index in [0.29, 0.717) is 16.5 Å². The number of carbonyl (C=O) groups is 1. The first-order chi connectivity index (χ1) is 11.0. The molecule has 1 aromatic rings. The van der Waals surface area contributed by atoms with Crippen molar-refractivity contribution in [3.63, 3.8) is 0 Å². The number of piperazine rings is 1. The van der Waals surface area contributed by atoms with Crippen LogP contribution in [0.25, 0.3) is 0 Å². The van der Waals surface area contributed by atoms with Gasteiger partial charge in [0, 0.05) is 57.9 Å². The van der Waals surface area contributed by atoms with Gasteiger partial charge in [0.15, 0.2) is 11.5 Å². The van der Waals surface area contributed by atoms with Crippen LogP contribution < -0.4 is 9.47 Å². The standard InChI is InChI=1S/C16H24ClN3O3/c1-18(2)16(21)20-7-5-19(6-8-20)11-12-9-14(22-3)15(23-4)10-13(12)17/h9-10H,5-8,11H2,1-4H3. The summed E-state index contributed by atoms with van der Waals surface area (Å²) in [5, 5.41) is 0.662. The van der Waals surface area contributed by atoms with Crippen LogP contribution in [-0.2, 0) is 6.54 Å². The minimum absolute atomic E-state index is 0.0637. The maximum atomic E-state index is 12.0. The number of carbonyl (C=O) groups excluding carboxylic acids is 1. The zero-order valence-electron chi connectivity index (χ0n) is 14.1. The number of hydrogen-bond acceptors (Lipinski definition) is 4. The van der Waals surface area contributed by atoms with Crippen LogP contribution in [0.3, 0.4) is 0 Å². The number of ether oxygens (including phenoxy) is 2. The zero-order valence-corrected chi connectivity index (χ0v) is 14.9. The van der Waals surface area contributed by atoms with Gasteiger partial charge in [0.2, 0.25) is 0 Å². The Morgan fingerprint density at radius 1 is 1.13 bits per heavy atom. The first-order valence-electron chi connectivity index (χ1n) is 7.55. The fraction of sp³-hybridized carbons (Fsp3) is 0.562. The van der Waals surface area contributed by atoms with Gasteiger partial charge in [-0.25, -0.2) is 4.79 Å². The number of halogens is 1. The molecule has 0 saturated carbocycles. The second kappa shape index (κ2) is 7.75. The van der Waals surface area contributed by atoms with E-state index >= 15 is 0 Å². The number of urea groups is 1. The maximum Gasteiger partial charge on any atom is 0.319 e. The fourth-order valence-corrected chi connectivity index (χ4v) is 2.85. The molecule has 7 heteroatoms. The first-order valence-corrected chi connectivity index (χ1v) is 7.93. The highest BCUT2D eigenvalue weighted by molar-refractivity contribution is 6.31. The molecule has 0 aromatic heterocycles. The normalized spacial score (nSPS) is 15.4. The largest absolute Gasteiger partial charge is 0.493 e. The van der Waals surface area contributed by atoms with Crippen molar-refractivity contribution >= 4 is 17.6 Å². The summed E-state index contributed by atoms with van der Waals surface area (Å²) >= 11 is 6.34. The van der Waals surface area contributed by atoms with E-state index in [2.05, 4.69) is 4.90 Å². The van der Waals surface area contributed by atoms with Crippen molar-refractivity contribution in [1.82, 2.24) is 14.7 Å². The van der Waals surface area contributed by atoms with E-state index in [4.69, 9.17) is 21.1 Å². The number of methoxy groups -OCH3 is 2. The molecule has 23 heavy (non-hydrogen) atoms. The van der Waals surface area contributed by atoms with E-state index in [1.165, 1.54) is 0 Å². The van der Waals surface area contributed by atoms with E-state index < -0.39 is 0 Å². The van der Waals surface area contributed by atoms with Crippen LogP contribution in [0.15, 0.2) is 12.1 Å². The first kappa shape index (κ1) is 17.7. The molecule has 6 nitrogen and oxygen atoms in total. The number of benzene rings is 1. The van der Waals surface area contributed by atoms with Gasteiger partial charge in [-0.2, -0.15) is 0 Å². The monoisotopic (exact) mass is 341 g/mol. The number of nitrogens with zero attached hydrogens (tertiary/aromatic N) is 3. The van der Waals surface area contributed by atoms with E-state index in [1.807, 2.05) is 11.0 Å². The highest BCUT2D eigenvalue weighted by atomic mass is 35.5. The van der Waals surface area contributed by atoms with Crippen LogP contribution in [0, 0.1) is 0 Å². The molecule has 2 rings (SSSR count). The summed E-state index contributed by atoms with van der Waals surface area (Å²) in [6.45, 7) is 3.82. The van der Waals surface area contributed by atoms with Crippen LogP contribution in [-0.4, -0.2) is 75.2 Å². The Hall–Kier alpha value is -1.66. The summed E-state index contributed by atoms with van der Waals surface area (Å²) in [7, 11) is 6.76. The van der Waals surface area contributed by atoms with Gasteiger partial charge in [0.25, 0.3) is 0 Å². The molecule has 0 unspecified atom stereocenters. The Bertz CT molecular complexity index is 558. The third kappa shape index (κ3) is 4.20. The van der Waals surface area contributed by atoms with Gasteiger partial charge >= 0.3 is 6.03 Å². The van der Waals surface area contributed by atoms with E-state index in [0.717, 1.165) is 38.3 Å². The van der Waals surface area contributed by atoms with Crippen LogP contribution >= 0.6 is 11.6 Å². The van der Waals surface area contributed by atoms with Gasteiger partial charge in [-0.15, -0.1) is 0 Å². The molecule has 0 atom stereocenters. The summed E-state index contributed by atoms with van der Waals surface area (Å²) in [6.07, 6.45) is 0. The van der Waals surface area contributed by atoms with Crippen molar-refractivity contribution in [2.75, 3.05) is 54.5 Å². The zero-order chi connectivity index (χ0) is 17.0. The molecule has 1 saturated heterocycles. The lowest BCUT2D eigenvalue weighted by molar-refractivity contribution is 0.120. The highest BCUT2D eigenvalue weighted by Crippen LogP contribution is 2.33. The smallest absolute Gasteiger partial charge is 0.319 e. The van der Waals surface area contributed by atoms with E-state index in [9.17, 15) is 4.79 Å². The molecule has 1 fully saturated rings. The lowest BCUT2D eigenvalue weighted by Gasteiger charge is -2.36. The van der Waals surface area contributed by atoms with Crippen molar-refractivity contribution in [2.24, 2.45) is 0 Å². The Kier molecular flexibility index (Phi) is 5.96. The van der Waals surface area contributed by atoms with Crippen molar-refractivity contribution in [1.29, 1.82) is 0 Å². The topological polar surface area (TPSA) is 45.2 Å². The Labute approximate surface area is 142 Å². The quantitative estimate of drug-likeness (QED) is 0.842. The van der Waals surface area contributed by atoms with Gasteiger partial charge in [0.05, 0.1) is 14.2 Å². The average Bonchev–Trinajstić information content (AvgIpc) is 2.56. The summed E-state index contributed by atoms with van der Waals surface area (Å²) < 4.78 is 10.6. The Morgan fingerprint density at radius 2 is 1.70 bits per heavy atom. The van der Waals surface area contributed by atoms with E-state index in [-0.39, 0.29) is 6.03 Å². The number of hydrogen-bond donors (Lipinski definition) is 0. The minimum atomic E-state index is 0.0637. The van der Waals surface area contributed by atoms with Crippen molar-refractivity contribution in [2.45, 2.75) is 6.54 Å². The van der Waals surface area contributed by atoms with E-state index in [1.54, 1.807) is 39.3 Å². The van der Waals surface area contributed by atoms with Gasteiger partial charge in [0.1, 0.15) is 0 Å². The molecule has 1 aliphatic heterocycles. The summed E-state index contributed by atoms with van der Waals surface area (Å²) in [6, 6.07) is 3.76. The number of amides is 2. The Balaban J connectivity index is 2.00. The predicted molar refractivity (Wildman–Crippen MR) is 90.5 cm³/mol. The molecule has 2 amide bonds. The van der Waals surface area contributed by atoms with Crippen LogP contribution in [0.5, 0.6) is 11.5 Å². The molecule has 128 valence electrons. The van der Waals surface area contributed by atoms with Crippen molar-refractivity contribution < 1.29 is 14.3 Å². The molecule has 1 aromatic carbocycles. The third-order valence-corrected chi connectivity index (χ3v) is 4.32. The molecule has 0 radical (unpaired) electrons. The van der Waals surface area contributed by atoms with Gasteiger partial charge in [-0.1, -0.05) is 11.6 Å².